The van der Waals surface area contributed by atoms with E-state index in [0.29, 0.717) is 27.6 Å². The van der Waals surface area contributed by atoms with Gasteiger partial charge in [0.25, 0.3) is 0 Å². The second-order valence-electron chi connectivity index (χ2n) is 5.70. The van der Waals surface area contributed by atoms with E-state index in [1.165, 1.54) is 6.07 Å². The lowest BCUT2D eigenvalue weighted by Crippen LogP contribution is -2.15. The van der Waals surface area contributed by atoms with Crippen LogP contribution in [0.15, 0.2) is 39.5 Å². The normalized spacial score (nSPS) is 10.9. The third kappa shape index (κ3) is 3.83. The first kappa shape index (κ1) is 17.5. The summed E-state index contributed by atoms with van der Waals surface area (Å²) in [5.74, 6) is -0.302. The summed E-state index contributed by atoms with van der Waals surface area (Å²) in [7, 11) is 0. The predicted octanol–water partition coefficient (Wildman–Crippen LogP) is 4.29. The van der Waals surface area contributed by atoms with Crippen molar-refractivity contribution in [2.45, 2.75) is 20.3 Å². The number of amides is 1. The Morgan fingerprint density at radius 2 is 1.96 bits per heavy atom. The number of carbonyl (C=O) groups excluding carboxylic acids is 1. The van der Waals surface area contributed by atoms with Gasteiger partial charge in [-0.15, -0.1) is 0 Å². The van der Waals surface area contributed by atoms with Crippen LogP contribution in [0.4, 0.5) is 5.69 Å². The van der Waals surface area contributed by atoms with Gasteiger partial charge in [0.15, 0.2) is 0 Å². The summed E-state index contributed by atoms with van der Waals surface area (Å²) in [5.41, 5.74) is 2.45. The molecule has 0 saturated carbocycles. The van der Waals surface area contributed by atoms with E-state index in [0.717, 1.165) is 10.9 Å². The highest BCUT2D eigenvalue weighted by Crippen LogP contribution is 2.25. The minimum Gasteiger partial charge on any atom is -0.423 e. The fraction of sp³-hybridized carbons (Fsp3) is 0.167. The van der Waals surface area contributed by atoms with Gasteiger partial charge >= 0.3 is 5.63 Å². The van der Waals surface area contributed by atoms with Crippen molar-refractivity contribution in [2.24, 2.45) is 0 Å². The van der Waals surface area contributed by atoms with Crippen LogP contribution in [0.25, 0.3) is 11.0 Å². The molecule has 1 N–H and O–H groups in total. The molecule has 0 radical (unpaired) electrons. The van der Waals surface area contributed by atoms with Crippen LogP contribution in [0.3, 0.4) is 0 Å². The van der Waals surface area contributed by atoms with Crippen molar-refractivity contribution in [3.05, 3.63) is 67.7 Å². The number of benzene rings is 1. The second-order valence-corrected chi connectivity index (χ2v) is 6.46. The Morgan fingerprint density at radius 3 is 2.68 bits per heavy atom. The van der Waals surface area contributed by atoms with Gasteiger partial charge in [-0.25, -0.2) is 9.78 Å². The van der Waals surface area contributed by atoms with Crippen LogP contribution in [0.1, 0.15) is 16.8 Å². The van der Waals surface area contributed by atoms with Gasteiger partial charge in [-0.1, -0.05) is 23.2 Å². The van der Waals surface area contributed by atoms with Gasteiger partial charge in [-0.3, -0.25) is 4.79 Å². The maximum atomic E-state index is 12.3. The maximum Gasteiger partial charge on any atom is 0.336 e. The van der Waals surface area contributed by atoms with E-state index in [9.17, 15) is 9.59 Å². The molecular weight excluding hydrogens is 363 g/mol. The zero-order chi connectivity index (χ0) is 18.1. The van der Waals surface area contributed by atoms with Gasteiger partial charge in [0.2, 0.25) is 5.91 Å². The van der Waals surface area contributed by atoms with Crippen LogP contribution < -0.4 is 10.9 Å². The van der Waals surface area contributed by atoms with Crippen molar-refractivity contribution < 1.29 is 9.21 Å². The molecule has 1 aromatic carbocycles. The van der Waals surface area contributed by atoms with Crippen LogP contribution in [0.5, 0.6) is 0 Å². The first-order chi connectivity index (χ1) is 11.8. The number of fused-ring (bicyclic) bond motifs is 1. The third-order valence-electron chi connectivity index (χ3n) is 3.72. The smallest absolute Gasteiger partial charge is 0.336 e. The number of carbonyl (C=O) groups is 1. The van der Waals surface area contributed by atoms with Crippen molar-refractivity contribution in [1.29, 1.82) is 0 Å². The van der Waals surface area contributed by atoms with E-state index in [4.69, 9.17) is 27.6 Å². The van der Waals surface area contributed by atoms with Crippen molar-refractivity contribution in [3.8, 4) is 0 Å². The Kier molecular flexibility index (Phi) is 4.79. The van der Waals surface area contributed by atoms with Crippen molar-refractivity contribution >= 4 is 45.8 Å². The summed E-state index contributed by atoms with van der Waals surface area (Å²) in [6.45, 7) is 3.60. The maximum absolute atomic E-state index is 12.3. The summed E-state index contributed by atoms with van der Waals surface area (Å²) < 4.78 is 5.18. The Morgan fingerprint density at radius 1 is 1.20 bits per heavy atom. The first-order valence-electron chi connectivity index (χ1n) is 7.49. The van der Waals surface area contributed by atoms with Crippen LogP contribution in [-0.4, -0.2) is 10.9 Å². The lowest BCUT2D eigenvalue weighted by atomic mass is 10.1. The summed E-state index contributed by atoms with van der Waals surface area (Å²) in [6.07, 6.45) is -0.0131. The summed E-state index contributed by atoms with van der Waals surface area (Å²) >= 11 is 12.2. The van der Waals surface area contributed by atoms with E-state index >= 15 is 0 Å². The first-order valence-corrected chi connectivity index (χ1v) is 8.25. The topological polar surface area (TPSA) is 72.2 Å². The van der Waals surface area contributed by atoms with E-state index < -0.39 is 5.63 Å². The number of hydrogen-bond donors (Lipinski definition) is 1. The van der Waals surface area contributed by atoms with Gasteiger partial charge < -0.3 is 9.73 Å². The molecule has 2 aromatic heterocycles. The number of hydrogen-bond acceptors (Lipinski definition) is 4. The molecule has 2 heterocycles. The highest BCUT2D eigenvalue weighted by molar-refractivity contribution is 6.35. The zero-order valence-corrected chi connectivity index (χ0v) is 15.0. The summed E-state index contributed by atoms with van der Waals surface area (Å²) in [6, 6.07) is 8.22. The largest absolute Gasteiger partial charge is 0.423 e. The minimum atomic E-state index is -0.433. The third-order valence-corrected chi connectivity index (χ3v) is 4.37. The summed E-state index contributed by atoms with van der Waals surface area (Å²) in [5, 5.41) is 4.16. The van der Waals surface area contributed by atoms with E-state index in [-0.39, 0.29) is 17.5 Å². The molecule has 0 aliphatic carbocycles. The van der Waals surface area contributed by atoms with Crippen molar-refractivity contribution in [3.63, 3.8) is 0 Å². The molecule has 0 aliphatic heterocycles. The lowest BCUT2D eigenvalue weighted by molar-refractivity contribution is -0.115. The van der Waals surface area contributed by atoms with Crippen molar-refractivity contribution in [2.75, 3.05) is 5.32 Å². The SMILES string of the molecule is Cc1cc(Cl)c(CC(=O)Nc2ccc3c(C)cc(=O)oc3c2)c(Cl)n1. The standard InChI is InChI=1S/C18H14Cl2N2O3/c1-9-5-17(24)25-15-7-11(3-4-12(9)15)22-16(23)8-13-14(19)6-10(2)21-18(13)20/h3-7H,8H2,1-2H3,(H,22,23). The average molecular weight is 377 g/mol. The van der Waals surface area contributed by atoms with Gasteiger partial charge in [-0.2, -0.15) is 0 Å². The van der Waals surface area contributed by atoms with Crippen LogP contribution in [0.2, 0.25) is 10.2 Å². The monoisotopic (exact) mass is 376 g/mol. The Bertz CT molecular complexity index is 1020. The number of aryl methyl sites for hydroxylation is 2. The quantitative estimate of drug-likeness (QED) is 0.546. The molecule has 0 unspecified atom stereocenters. The van der Waals surface area contributed by atoms with E-state index in [1.54, 1.807) is 31.2 Å². The zero-order valence-electron chi connectivity index (χ0n) is 13.5. The molecule has 0 spiro atoms. The number of rotatable bonds is 3. The molecule has 0 bridgehead atoms. The fourth-order valence-corrected chi connectivity index (χ4v) is 3.21. The Labute approximate surface area is 153 Å². The number of anilines is 1. The molecule has 0 fully saturated rings. The molecule has 128 valence electrons. The molecule has 3 rings (SSSR count). The summed E-state index contributed by atoms with van der Waals surface area (Å²) in [4.78, 5) is 27.9. The van der Waals surface area contributed by atoms with Gasteiger partial charge in [0, 0.05) is 39.5 Å². The Balaban J connectivity index is 1.84. The predicted molar refractivity (Wildman–Crippen MR) is 98.5 cm³/mol. The van der Waals surface area contributed by atoms with Crippen LogP contribution in [0, 0.1) is 13.8 Å². The number of halogens is 2. The molecular formula is C18H14Cl2N2O3. The average Bonchev–Trinajstić information content (AvgIpc) is 2.50. The van der Waals surface area contributed by atoms with Crippen LogP contribution >= 0.6 is 23.2 Å². The van der Waals surface area contributed by atoms with Crippen LogP contribution in [-0.2, 0) is 11.2 Å². The Hall–Kier alpha value is -2.37. The molecule has 0 aliphatic rings. The van der Waals surface area contributed by atoms with E-state index in [2.05, 4.69) is 10.3 Å². The minimum absolute atomic E-state index is 0.0131. The van der Waals surface area contributed by atoms with Gasteiger partial charge in [0.1, 0.15) is 10.7 Å². The van der Waals surface area contributed by atoms with Crippen molar-refractivity contribution in [1.82, 2.24) is 4.98 Å². The second kappa shape index (κ2) is 6.86. The molecule has 0 saturated heterocycles. The molecule has 1 amide bonds. The molecule has 0 atom stereocenters. The van der Waals surface area contributed by atoms with Gasteiger partial charge in [-0.05, 0) is 37.6 Å². The number of pyridine rings is 1. The van der Waals surface area contributed by atoms with Gasteiger partial charge in [0.05, 0.1) is 6.42 Å². The highest BCUT2D eigenvalue weighted by atomic mass is 35.5. The molecule has 7 heteroatoms. The molecule has 3 aromatic rings. The molecule has 25 heavy (non-hydrogen) atoms. The number of aromatic nitrogens is 1. The number of nitrogens with zero attached hydrogens (tertiary/aromatic N) is 1. The fourth-order valence-electron chi connectivity index (χ4n) is 2.55. The number of nitrogens with one attached hydrogen (secondary N) is 1. The lowest BCUT2D eigenvalue weighted by Gasteiger charge is -2.09. The van der Waals surface area contributed by atoms with E-state index in [1.807, 2.05) is 6.92 Å². The highest BCUT2D eigenvalue weighted by Gasteiger charge is 2.14. The molecule has 5 nitrogen and oxygen atoms in total.